The summed E-state index contributed by atoms with van der Waals surface area (Å²) in [5.74, 6) is 0.225. The van der Waals surface area contributed by atoms with Crippen molar-refractivity contribution < 1.29 is 4.79 Å². The van der Waals surface area contributed by atoms with Gasteiger partial charge in [-0.1, -0.05) is 49.7 Å². The van der Waals surface area contributed by atoms with E-state index in [1.54, 1.807) is 0 Å². The monoisotopic (exact) mass is 338 g/mol. The Labute approximate surface area is 151 Å². The molecule has 0 aromatic heterocycles. The van der Waals surface area contributed by atoms with Crippen LogP contribution in [0.5, 0.6) is 0 Å². The molecule has 2 aromatic rings. The number of carbonyl (C=O) groups is 1. The third kappa shape index (κ3) is 4.60. The van der Waals surface area contributed by atoms with Gasteiger partial charge in [0, 0.05) is 31.6 Å². The zero-order valence-corrected chi connectivity index (χ0v) is 15.5. The minimum atomic E-state index is 0.225. The van der Waals surface area contributed by atoms with Crippen LogP contribution in [0.1, 0.15) is 57.6 Å². The van der Waals surface area contributed by atoms with Crippen LogP contribution < -0.4 is 5.32 Å². The fourth-order valence-electron chi connectivity index (χ4n) is 3.75. The molecule has 3 heteroatoms. The molecule has 25 heavy (non-hydrogen) atoms. The Morgan fingerprint density at radius 1 is 1.16 bits per heavy atom. The van der Waals surface area contributed by atoms with Gasteiger partial charge < -0.3 is 5.32 Å². The van der Waals surface area contributed by atoms with Gasteiger partial charge in [-0.05, 0) is 48.6 Å². The Balaban J connectivity index is 1.55. The average Bonchev–Trinajstić information content (AvgIpc) is 2.66. The molecule has 0 aliphatic carbocycles. The zero-order valence-electron chi connectivity index (χ0n) is 15.5. The van der Waals surface area contributed by atoms with Crippen LogP contribution in [0.15, 0.2) is 42.5 Å². The summed E-state index contributed by atoms with van der Waals surface area (Å²) >= 11 is 0. The van der Waals surface area contributed by atoms with Crippen molar-refractivity contribution in [2.24, 2.45) is 0 Å². The number of fused-ring (bicyclic) bond motifs is 1. The van der Waals surface area contributed by atoms with Gasteiger partial charge in [0.15, 0.2) is 0 Å². The van der Waals surface area contributed by atoms with Crippen LogP contribution in [0.3, 0.4) is 0 Å². The lowest BCUT2D eigenvalue weighted by atomic mass is 9.98. The van der Waals surface area contributed by atoms with Crippen molar-refractivity contribution in [3.8, 4) is 0 Å². The second kappa shape index (κ2) is 8.48. The molecule has 1 amide bonds. The molecule has 2 aromatic carbocycles. The van der Waals surface area contributed by atoms with Crippen LogP contribution in [-0.2, 0) is 4.79 Å². The summed E-state index contributed by atoms with van der Waals surface area (Å²) in [6.45, 7) is 6.52. The molecule has 3 nitrogen and oxygen atoms in total. The second-order valence-corrected chi connectivity index (χ2v) is 7.26. The van der Waals surface area contributed by atoms with E-state index in [2.05, 4.69) is 66.5 Å². The van der Waals surface area contributed by atoms with Crippen LogP contribution in [0.4, 0.5) is 0 Å². The van der Waals surface area contributed by atoms with Crippen molar-refractivity contribution in [2.45, 2.75) is 58.0 Å². The lowest BCUT2D eigenvalue weighted by Crippen LogP contribution is -2.45. The number of amides is 1. The molecule has 0 bridgehead atoms. The van der Waals surface area contributed by atoms with Crippen LogP contribution in [-0.4, -0.2) is 29.9 Å². The molecule has 134 valence electrons. The van der Waals surface area contributed by atoms with Gasteiger partial charge in [-0.3, -0.25) is 9.69 Å². The van der Waals surface area contributed by atoms with Crippen LogP contribution in [0, 0.1) is 0 Å². The first-order valence-electron chi connectivity index (χ1n) is 9.69. The maximum absolute atomic E-state index is 11.9. The molecule has 1 aliphatic rings. The fraction of sp³-hybridized carbons (Fsp3) is 0.500. The number of rotatable bonds is 6. The van der Waals surface area contributed by atoms with Crippen LogP contribution >= 0.6 is 0 Å². The van der Waals surface area contributed by atoms with E-state index in [1.807, 2.05) is 0 Å². The van der Waals surface area contributed by atoms with Gasteiger partial charge in [-0.15, -0.1) is 0 Å². The molecule has 1 saturated heterocycles. The Hall–Kier alpha value is -1.87. The highest BCUT2D eigenvalue weighted by molar-refractivity contribution is 5.83. The molecule has 0 saturated carbocycles. The van der Waals surface area contributed by atoms with E-state index in [-0.39, 0.29) is 5.91 Å². The number of benzene rings is 2. The molecule has 1 aliphatic heterocycles. The molecular weight excluding hydrogens is 308 g/mol. The van der Waals surface area contributed by atoms with Gasteiger partial charge in [-0.25, -0.2) is 0 Å². The summed E-state index contributed by atoms with van der Waals surface area (Å²) in [5, 5.41) is 5.82. The minimum Gasteiger partial charge on any atom is -0.353 e. The van der Waals surface area contributed by atoms with Crippen molar-refractivity contribution in [3.63, 3.8) is 0 Å². The molecule has 1 atom stereocenters. The van der Waals surface area contributed by atoms with Crippen molar-refractivity contribution in [2.75, 3.05) is 13.1 Å². The van der Waals surface area contributed by atoms with Crippen molar-refractivity contribution in [1.29, 1.82) is 0 Å². The van der Waals surface area contributed by atoms with E-state index >= 15 is 0 Å². The fourth-order valence-corrected chi connectivity index (χ4v) is 3.75. The number of nitrogens with one attached hydrogen (secondary N) is 1. The lowest BCUT2D eigenvalue weighted by Gasteiger charge is -2.36. The molecule has 0 radical (unpaired) electrons. The summed E-state index contributed by atoms with van der Waals surface area (Å²) in [5.41, 5.74) is 1.38. The number of hydrogen-bond donors (Lipinski definition) is 1. The molecule has 1 N–H and O–H groups in total. The highest BCUT2D eigenvalue weighted by Gasteiger charge is 2.24. The predicted molar refractivity (Wildman–Crippen MR) is 105 cm³/mol. The molecule has 1 heterocycles. The van der Waals surface area contributed by atoms with E-state index < -0.39 is 0 Å². The first-order valence-corrected chi connectivity index (χ1v) is 9.69. The predicted octanol–water partition coefficient (Wildman–Crippen LogP) is 4.67. The van der Waals surface area contributed by atoms with E-state index in [0.29, 0.717) is 18.5 Å². The summed E-state index contributed by atoms with van der Waals surface area (Å²) < 4.78 is 0. The highest BCUT2D eigenvalue weighted by Crippen LogP contribution is 2.27. The minimum absolute atomic E-state index is 0.225. The summed E-state index contributed by atoms with van der Waals surface area (Å²) in [7, 11) is 0. The Kier molecular flexibility index (Phi) is 6.09. The average molecular weight is 338 g/mol. The zero-order chi connectivity index (χ0) is 17.6. The Morgan fingerprint density at radius 2 is 1.88 bits per heavy atom. The number of hydrogen-bond acceptors (Lipinski definition) is 2. The summed E-state index contributed by atoms with van der Waals surface area (Å²) in [6.07, 6.45) is 4.84. The summed E-state index contributed by atoms with van der Waals surface area (Å²) in [4.78, 5) is 14.4. The number of piperidine rings is 1. The smallest absolute Gasteiger partial charge is 0.220 e. The van der Waals surface area contributed by atoms with E-state index in [9.17, 15) is 4.79 Å². The topological polar surface area (TPSA) is 32.3 Å². The van der Waals surface area contributed by atoms with E-state index in [4.69, 9.17) is 0 Å². The third-order valence-electron chi connectivity index (χ3n) is 5.46. The SMILES string of the molecule is CCCCC(=O)NC1CCN([C@@H](C)c2ccc3ccccc3c2)CC1. The lowest BCUT2D eigenvalue weighted by molar-refractivity contribution is -0.122. The quantitative estimate of drug-likeness (QED) is 0.830. The van der Waals surface area contributed by atoms with Crippen molar-refractivity contribution in [3.05, 3.63) is 48.0 Å². The van der Waals surface area contributed by atoms with Gasteiger partial charge in [0.05, 0.1) is 0 Å². The van der Waals surface area contributed by atoms with Crippen molar-refractivity contribution >= 4 is 16.7 Å². The first kappa shape index (κ1) is 17.9. The molecule has 0 unspecified atom stereocenters. The first-order chi connectivity index (χ1) is 12.2. The largest absolute Gasteiger partial charge is 0.353 e. The molecular formula is C22H30N2O. The maximum Gasteiger partial charge on any atom is 0.220 e. The van der Waals surface area contributed by atoms with Crippen molar-refractivity contribution in [1.82, 2.24) is 10.2 Å². The molecule has 3 rings (SSSR count). The van der Waals surface area contributed by atoms with E-state index in [0.717, 1.165) is 38.8 Å². The third-order valence-corrected chi connectivity index (χ3v) is 5.46. The van der Waals surface area contributed by atoms with Crippen LogP contribution in [0.25, 0.3) is 10.8 Å². The van der Waals surface area contributed by atoms with Gasteiger partial charge >= 0.3 is 0 Å². The van der Waals surface area contributed by atoms with Gasteiger partial charge in [-0.2, -0.15) is 0 Å². The number of unbranched alkanes of at least 4 members (excludes halogenated alkanes) is 1. The maximum atomic E-state index is 11.9. The summed E-state index contributed by atoms with van der Waals surface area (Å²) in [6, 6.07) is 16.1. The Morgan fingerprint density at radius 3 is 2.60 bits per heavy atom. The van der Waals surface area contributed by atoms with Gasteiger partial charge in [0.2, 0.25) is 5.91 Å². The van der Waals surface area contributed by atoms with Gasteiger partial charge in [0.25, 0.3) is 0 Å². The number of nitrogens with zero attached hydrogens (tertiary/aromatic N) is 1. The molecule has 0 spiro atoms. The van der Waals surface area contributed by atoms with Gasteiger partial charge in [0.1, 0.15) is 0 Å². The Bertz CT molecular complexity index is 704. The number of likely N-dealkylation sites (tertiary alicyclic amines) is 1. The normalized spacial score (nSPS) is 17.5. The second-order valence-electron chi connectivity index (χ2n) is 7.26. The van der Waals surface area contributed by atoms with E-state index in [1.165, 1.54) is 16.3 Å². The van der Waals surface area contributed by atoms with Crippen LogP contribution in [0.2, 0.25) is 0 Å². The number of carbonyl (C=O) groups excluding carboxylic acids is 1. The molecule has 1 fully saturated rings. The standard InChI is InChI=1S/C22H30N2O/c1-3-4-9-22(25)23-21-12-14-24(15-13-21)17(2)19-11-10-18-7-5-6-8-20(18)16-19/h5-8,10-11,16-17,21H,3-4,9,12-15H2,1-2H3,(H,23,25)/t17-/m0/s1. The highest BCUT2D eigenvalue weighted by atomic mass is 16.1.